The van der Waals surface area contributed by atoms with Crippen molar-refractivity contribution < 1.29 is 27.8 Å². The van der Waals surface area contributed by atoms with Crippen LogP contribution in [-0.2, 0) is 4.74 Å². The number of nitrogens with one attached hydrogen (secondary N) is 2. The first kappa shape index (κ1) is 18.2. The number of anilines is 1. The van der Waals surface area contributed by atoms with E-state index in [1.54, 1.807) is 5.38 Å². The van der Waals surface area contributed by atoms with Crippen LogP contribution in [0.4, 0.5) is 19.9 Å². The Bertz CT molecular complexity index is 1060. The smallest absolute Gasteiger partial charge is 0.395 e. The van der Waals surface area contributed by atoms with Crippen molar-refractivity contribution in [2.24, 2.45) is 0 Å². The number of nitrogens with zero attached hydrogens (tertiary/aromatic N) is 3. The van der Waals surface area contributed by atoms with Gasteiger partial charge in [-0.15, -0.1) is 8.78 Å². The van der Waals surface area contributed by atoms with Crippen molar-refractivity contribution in [3.8, 4) is 11.5 Å². The zero-order valence-electron chi connectivity index (χ0n) is 15.2. The number of benzene rings is 1. The lowest BCUT2D eigenvalue weighted by atomic mass is 10.3. The number of hydrogen-bond acceptors (Lipinski definition) is 7. The average molecular weight is 424 g/mol. The Morgan fingerprint density at radius 1 is 1.24 bits per heavy atom. The van der Waals surface area contributed by atoms with Gasteiger partial charge in [0.05, 0.1) is 31.3 Å². The predicted octanol–water partition coefficient (Wildman–Crippen LogP) is 2.56. The molecule has 3 aromatic rings. The second-order valence-corrected chi connectivity index (χ2v) is 7.83. The number of aromatic nitrogens is 3. The Labute approximate surface area is 166 Å². The van der Waals surface area contributed by atoms with Crippen molar-refractivity contribution in [3.63, 3.8) is 0 Å². The number of fused-ring (bicyclic) bond motifs is 2. The van der Waals surface area contributed by atoms with Crippen LogP contribution >= 0.6 is 11.3 Å². The maximum absolute atomic E-state index is 13.2. The molecule has 2 aliphatic rings. The fourth-order valence-corrected chi connectivity index (χ4v) is 4.20. The van der Waals surface area contributed by atoms with Crippen molar-refractivity contribution in [1.29, 1.82) is 0 Å². The summed E-state index contributed by atoms with van der Waals surface area (Å²) in [6, 6.07) is 2.67. The lowest BCUT2D eigenvalue weighted by Gasteiger charge is -2.34. The van der Waals surface area contributed by atoms with Gasteiger partial charge >= 0.3 is 6.29 Å². The molecule has 1 saturated heterocycles. The summed E-state index contributed by atoms with van der Waals surface area (Å²) in [6.07, 6.45) is -3.69. The van der Waals surface area contributed by atoms with Gasteiger partial charge in [0.15, 0.2) is 11.5 Å². The largest absolute Gasteiger partial charge is 0.586 e. The third-order valence-corrected chi connectivity index (χ3v) is 5.97. The molecule has 9 nitrogen and oxygen atoms in total. The summed E-state index contributed by atoms with van der Waals surface area (Å²) >= 11 is 1.42. The van der Waals surface area contributed by atoms with Crippen LogP contribution in [0.5, 0.6) is 11.5 Å². The van der Waals surface area contributed by atoms with Gasteiger partial charge in [-0.05, 0) is 0 Å². The molecule has 0 saturated carbocycles. The third-order valence-electron chi connectivity index (χ3n) is 4.88. The Balaban J connectivity index is 1.34. The van der Waals surface area contributed by atoms with E-state index in [9.17, 15) is 13.6 Å². The molecule has 0 aliphatic carbocycles. The van der Waals surface area contributed by atoms with Gasteiger partial charge in [-0.2, -0.15) is 4.98 Å². The van der Waals surface area contributed by atoms with Crippen LogP contribution in [0.25, 0.3) is 11.0 Å². The van der Waals surface area contributed by atoms with E-state index in [1.165, 1.54) is 23.5 Å². The molecule has 0 unspecified atom stereocenters. The van der Waals surface area contributed by atoms with E-state index in [1.807, 2.05) is 0 Å². The summed E-state index contributed by atoms with van der Waals surface area (Å²) in [5.74, 6) is -0.464. The van der Waals surface area contributed by atoms with Gasteiger partial charge in [0.1, 0.15) is 18.8 Å². The molecule has 12 heteroatoms. The van der Waals surface area contributed by atoms with Crippen molar-refractivity contribution in [1.82, 2.24) is 19.4 Å². The van der Waals surface area contributed by atoms with E-state index in [0.29, 0.717) is 28.7 Å². The average Bonchev–Trinajstić information content (AvgIpc) is 3.35. The standard InChI is InChI=1S/C17H15F2N5O4S/c1-24(2-4-26-5-3-24)16-22-11(8-29-16)14(25)23-15-20-9-6-12-13(7-10(9)21-15)28-17(18,19)27-12/h6-8H,2-5H2,1H3,(H-,20,21,23,25)/p+1. The Morgan fingerprint density at radius 3 is 2.72 bits per heavy atom. The minimum Gasteiger partial charge on any atom is -0.395 e. The number of H-pyrrole nitrogens is 1. The molecule has 1 fully saturated rings. The van der Waals surface area contributed by atoms with E-state index in [0.717, 1.165) is 18.2 Å². The highest BCUT2D eigenvalue weighted by Gasteiger charge is 2.43. The number of ether oxygens (including phenoxy) is 3. The first-order valence-electron chi connectivity index (χ1n) is 8.81. The fraction of sp³-hybridized carbons (Fsp3) is 0.353. The number of hydrogen-bond donors (Lipinski definition) is 2. The molecule has 2 N–H and O–H groups in total. The SMILES string of the molecule is C[N+]1(c2nc(C(=O)Nc3nc4cc5c(cc4[nH]3)OC(F)(F)O5)cs2)CCOCC1. The highest BCUT2D eigenvalue weighted by atomic mass is 32.1. The highest BCUT2D eigenvalue weighted by molar-refractivity contribution is 7.13. The Kier molecular flexibility index (Phi) is 3.98. The molecule has 1 amide bonds. The van der Waals surface area contributed by atoms with E-state index < -0.39 is 12.2 Å². The summed E-state index contributed by atoms with van der Waals surface area (Å²) in [5.41, 5.74) is 1.06. The molecule has 152 valence electrons. The van der Waals surface area contributed by atoms with Gasteiger partial charge in [-0.3, -0.25) is 14.6 Å². The topological polar surface area (TPSA) is 98.4 Å². The first-order chi connectivity index (χ1) is 13.8. The lowest BCUT2D eigenvalue weighted by Crippen LogP contribution is -2.53. The quantitative estimate of drug-likeness (QED) is 0.627. The summed E-state index contributed by atoms with van der Waals surface area (Å²) in [7, 11) is 2.06. The lowest BCUT2D eigenvalue weighted by molar-refractivity contribution is -0.286. The summed E-state index contributed by atoms with van der Waals surface area (Å²) in [5, 5.41) is 5.19. The molecule has 0 bridgehead atoms. The third kappa shape index (κ3) is 3.28. The fourth-order valence-electron chi connectivity index (χ4n) is 3.24. The normalized spacial score (nSPS) is 19.4. The second-order valence-electron chi connectivity index (χ2n) is 6.99. The molecule has 0 atom stereocenters. The van der Waals surface area contributed by atoms with Crippen LogP contribution in [0, 0.1) is 0 Å². The van der Waals surface area contributed by atoms with Gasteiger partial charge in [0, 0.05) is 17.5 Å². The number of imidazole rings is 1. The van der Waals surface area contributed by atoms with Gasteiger partial charge in [-0.25, -0.2) is 4.98 Å². The Morgan fingerprint density at radius 2 is 1.97 bits per heavy atom. The molecular weight excluding hydrogens is 408 g/mol. The van der Waals surface area contributed by atoms with Crippen molar-refractivity contribution in [2.75, 3.05) is 38.7 Å². The minimum atomic E-state index is -3.69. The van der Waals surface area contributed by atoms with Crippen molar-refractivity contribution in [2.45, 2.75) is 6.29 Å². The molecule has 4 heterocycles. The number of quaternary nitrogens is 1. The first-order valence-corrected chi connectivity index (χ1v) is 9.69. The van der Waals surface area contributed by atoms with Crippen LogP contribution in [0.1, 0.15) is 10.5 Å². The number of carbonyl (C=O) groups excluding carboxylic acids is 1. The highest BCUT2D eigenvalue weighted by Crippen LogP contribution is 2.43. The van der Waals surface area contributed by atoms with Gasteiger partial charge < -0.3 is 19.2 Å². The maximum atomic E-state index is 13.2. The van der Waals surface area contributed by atoms with E-state index >= 15 is 0 Å². The number of morpholine rings is 1. The molecule has 1 aromatic carbocycles. The van der Waals surface area contributed by atoms with Gasteiger partial charge in [-0.1, -0.05) is 11.3 Å². The summed E-state index contributed by atoms with van der Waals surface area (Å²) in [6.45, 7) is 2.90. The summed E-state index contributed by atoms with van der Waals surface area (Å²) in [4.78, 5) is 24.1. The van der Waals surface area contributed by atoms with Crippen LogP contribution < -0.4 is 19.3 Å². The monoisotopic (exact) mass is 424 g/mol. The number of likely N-dealkylation sites (N-methyl/N-ethyl adjacent to an activating group) is 1. The molecule has 2 aromatic heterocycles. The molecule has 2 aliphatic heterocycles. The number of carbonyl (C=O) groups is 1. The number of alkyl halides is 2. The predicted molar refractivity (Wildman–Crippen MR) is 101 cm³/mol. The number of halogens is 2. The number of amides is 1. The minimum absolute atomic E-state index is 0.101. The van der Waals surface area contributed by atoms with Crippen LogP contribution in [0.2, 0.25) is 0 Å². The second kappa shape index (κ2) is 6.34. The van der Waals surface area contributed by atoms with E-state index in [2.05, 4.69) is 36.8 Å². The Hall–Kier alpha value is -2.83. The van der Waals surface area contributed by atoms with Crippen molar-refractivity contribution in [3.05, 3.63) is 23.2 Å². The molecule has 0 spiro atoms. The van der Waals surface area contributed by atoms with Gasteiger partial charge in [0.2, 0.25) is 5.95 Å². The molecular formula is C17H16F2N5O4S+. The van der Waals surface area contributed by atoms with E-state index in [4.69, 9.17) is 4.74 Å². The zero-order valence-corrected chi connectivity index (χ0v) is 16.0. The number of thiazole rings is 1. The molecule has 5 rings (SSSR count). The zero-order chi connectivity index (χ0) is 20.2. The van der Waals surface area contributed by atoms with Crippen LogP contribution in [0.3, 0.4) is 0 Å². The van der Waals surface area contributed by atoms with Crippen molar-refractivity contribution >= 4 is 39.4 Å². The number of rotatable bonds is 3. The maximum Gasteiger partial charge on any atom is 0.586 e. The summed E-state index contributed by atoms with van der Waals surface area (Å²) < 4.78 is 41.2. The van der Waals surface area contributed by atoms with Gasteiger partial charge in [0.25, 0.3) is 11.0 Å². The molecule has 0 radical (unpaired) electrons. The van der Waals surface area contributed by atoms with Crippen LogP contribution in [-0.4, -0.2) is 60.5 Å². The van der Waals surface area contributed by atoms with E-state index in [-0.39, 0.29) is 23.1 Å². The van der Waals surface area contributed by atoms with Crippen LogP contribution in [0.15, 0.2) is 17.5 Å². The molecule has 29 heavy (non-hydrogen) atoms. The number of aromatic amines is 1.